The molecular weight excluding hydrogens is 218 g/mol. The summed E-state index contributed by atoms with van der Waals surface area (Å²) in [6, 6.07) is 3.44. The van der Waals surface area contributed by atoms with Crippen LogP contribution in [0, 0.1) is 23.2 Å². The highest BCUT2D eigenvalue weighted by atomic mass is 16.5. The fourth-order valence-corrected chi connectivity index (χ4v) is 1.06. The summed E-state index contributed by atoms with van der Waals surface area (Å²) < 4.78 is 4.71. The maximum atomic E-state index is 11.0. The number of nitrogens with two attached hydrogens (primary N) is 1. The van der Waals surface area contributed by atoms with E-state index in [-0.39, 0.29) is 23.8 Å². The second kappa shape index (κ2) is 6.14. The van der Waals surface area contributed by atoms with Crippen molar-refractivity contribution in [2.24, 2.45) is 0 Å². The topological polar surface area (TPSA) is 89.0 Å². The average Bonchev–Trinajstić information content (AvgIpc) is 2.31. The molecule has 2 N–H and O–H groups in total. The lowest BCUT2D eigenvalue weighted by Crippen LogP contribution is -2.01. The number of carbonyl (C=O) groups is 1. The van der Waals surface area contributed by atoms with E-state index in [1.54, 1.807) is 6.92 Å². The number of esters is 1. The Balaban J connectivity index is 2.73. The summed E-state index contributed by atoms with van der Waals surface area (Å²) in [6.45, 7) is 2.07. The van der Waals surface area contributed by atoms with Crippen molar-refractivity contribution in [1.29, 1.82) is 5.26 Å². The largest absolute Gasteiger partial charge is 0.465 e. The molecule has 0 unspecified atom stereocenters. The van der Waals surface area contributed by atoms with Crippen LogP contribution in [0.5, 0.6) is 0 Å². The first kappa shape index (κ1) is 12.5. The van der Waals surface area contributed by atoms with E-state index >= 15 is 0 Å². The van der Waals surface area contributed by atoms with Crippen LogP contribution in [0.3, 0.4) is 0 Å². The number of pyridine rings is 1. The Hall–Kier alpha value is -2.53. The fraction of sp³-hybridized carbons (Fsp3) is 0.250. The van der Waals surface area contributed by atoms with Gasteiger partial charge >= 0.3 is 5.97 Å². The van der Waals surface area contributed by atoms with Crippen LogP contribution < -0.4 is 5.73 Å². The normalized spacial score (nSPS) is 8.71. The minimum atomic E-state index is -0.371. The molecule has 0 aromatic carbocycles. The van der Waals surface area contributed by atoms with Crippen LogP contribution in [0.1, 0.15) is 24.5 Å². The van der Waals surface area contributed by atoms with Crippen molar-refractivity contribution < 1.29 is 9.53 Å². The van der Waals surface area contributed by atoms with Crippen LogP contribution in [0.25, 0.3) is 0 Å². The summed E-state index contributed by atoms with van der Waals surface area (Å²) in [7, 11) is 0. The molecule has 17 heavy (non-hydrogen) atoms. The maximum absolute atomic E-state index is 11.0. The molecule has 1 aromatic rings. The Morgan fingerprint density at radius 2 is 2.41 bits per heavy atom. The number of ether oxygens (including phenoxy) is 1. The van der Waals surface area contributed by atoms with Crippen molar-refractivity contribution in [3.63, 3.8) is 0 Å². The van der Waals surface area contributed by atoms with E-state index in [9.17, 15) is 4.79 Å². The van der Waals surface area contributed by atoms with Crippen molar-refractivity contribution in [1.82, 2.24) is 4.98 Å². The monoisotopic (exact) mass is 229 g/mol. The molecular formula is C12H11N3O2. The van der Waals surface area contributed by atoms with Gasteiger partial charge in [-0.25, -0.2) is 4.98 Å². The molecule has 1 heterocycles. The summed E-state index contributed by atoms with van der Waals surface area (Å²) >= 11 is 0. The molecule has 0 saturated carbocycles. The van der Waals surface area contributed by atoms with Gasteiger partial charge in [-0.15, -0.1) is 0 Å². The first-order valence-electron chi connectivity index (χ1n) is 4.97. The van der Waals surface area contributed by atoms with Crippen LogP contribution in [-0.4, -0.2) is 17.6 Å². The van der Waals surface area contributed by atoms with Gasteiger partial charge in [-0.05, 0) is 13.0 Å². The van der Waals surface area contributed by atoms with Gasteiger partial charge in [-0.2, -0.15) is 5.26 Å². The third-order valence-corrected chi connectivity index (χ3v) is 1.81. The van der Waals surface area contributed by atoms with Crippen molar-refractivity contribution >= 4 is 11.8 Å². The Kier molecular flexibility index (Phi) is 4.53. The molecule has 5 nitrogen and oxygen atoms in total. The molecule has 0 aliphatic rings. The number of rotatable bonds is 2. The Labute approximate surface area is 99.2 Å². The molecule has 86 valence electrons. The second-order valence-electron chi connectivity index (χ2n) is 3.05. The van der Waals surface area contributed by atoms with Gasteiger partial charge in [0.2, 0.25) is 0 Å². The van der Waals surface area contributed by atoms with Crippen LogP contribution in [-0.2, 0) is 9.53 Å². The van der Waals surface area contributed by atoms with Crippen molar-refractivity contribution in [3.05, 3.63) is 23.4 Å². The summed E-state index contributed by atoms with van der Waals surface area (Å²) in [5.74, 6) is 5.16. The van der Waals surface area contributed by atoms with Crippen molar-refractivity contribution in [2.45, 2.75) is 13.3 Å². The van der Waals surface area contributed by atoms with Gasteiger partial charge in [0.1, 0.15) is 18.3 Å². The highest BCUT2D eigenvalue weighted by Gasteiger charge is 2.00. The number of aromatic nitrogens is 1. The van der Waals surface area contributed by atoms with Gasteiger partial charge in [-0.1, -0.05) is 11.8 Å². The fourth-order valence-electron chi connectivity index (χ4n) is 1.06. The number of hydrogen-bond acceptors (Lipinski definition) is 5. The van der Waals surface area contributed by atoms with E-state index in [0.717, 1.165) is 0 Å². The summed E-state index contributed by atoms with van der Waals surface area (Å²) in [4.78, 5) is 14.8. The molecule has 0 saturated heterocycles. The summed E-state index contributed by atoms with van der Waals surface area (Å²) in [5.41, 5.74) is 6.27. The van der Waals surface area contributed by atoms with Gasteiger partial charge in [0.05, 0.1) is 12.2 Å². The maximum Gasteiger partial charge on any atom is 0.317 e. The standard InChI is InChI=1S/C12H11N3O2/c1-2-17-11(16)5-3-4-9-6-10(7-13)12(14)15-8-9/h6,8H,2,5H2,1H3,(H2,14,15). The molecule has 0 spiro atoms. The van der Waals surface area contributed by atoms with Gasteiger partial charge in [0, 0.05) is 11.8 Å². The molecule has 1 aromatic heterocycles. The van der Waals surface area contributed by atoms with E-state index in [2.05, 4.69) is 16.8 Å². The van der Waals surface area contributed by atoms with E-state index in [4.69, 9.17) is 15.7 Å². The highest BCUT2D eigenvalue weighted by Crippen LogP contribution is 2.08. The Morgan fingerprint density at radius 1 is 1.65 bits per heavy atom. The van der Waals surface area contributed by atoms with Gasteiger partial charge < -0.3 is 10.5 Å². The smallest absolute Gasteiger partial charge is 0.317 e. The summed E-state index contributed by atoms with van der Waals surface area (Å²) in [6.07, 6.45) is 1.47. The highest BCUT2D eigenvalue weighted by molar-refractivity contribution is 5.72. The molecule has 0 aliphatic carbocycles. The first-order valence-corrected chi connectivity index (χ1v) is 4.97. The first-order chi connectivity index (χ1) is 8.17. The summed E-state index contributed by atoms with van der Waals surface area (Å²) in [5, 5.41) is 8.73. The number of nitrogens with zero attached hydrogens (tertiary/aromatic N) is 2. The lowest BCUT2D eigenvalue weighted by Gasteiger charge is -1.96. The van der Waals surface area contributed by atoms with Crippen LogP contribution >= 0.6 is 0 Å². The van der Waals surface area contributed by atoms with Crippen molar-refractivity contribution in [3.8, 4) is 17.9 Å². The van der Waals surface area contributed by atoms with Gasteiger partial charge in [0.25, 0.3) is 0 Å². The predicted molar refractivity (Wildman–Crippen MR) is 61.5 cm³/mol. The zero-order chi connectivity index (χ0) is 12.7. The van der Waals surface area contributed by atoms with E-state index in [0.29, 0.717) is 12.2 Å². The Morgan fingerprint density at radius 3 is 3.06 bits per heavy atom. The number of nitrogen functional groups attached to an aromatic ring is 1. The molecule has 0 bridgehead atoms. The predicted octanol–water partition coefficient (Wildman–Crippen LogP) is 0.840. The second-order valence-corrected chi connectivity index (χ2v) is 3.05. The SMILES string of the molecule is CCOC(=O)CC#Cc1cnc(N)c(C#N)c1. The van der Waals surface area contributed by atoms with Gasteiger partial charge in [-0.3, -0.25) is 4.79 Å². The zero-order valence-electron chi connectivity index (χ0n) is 9.36. The molecule has 0 amide bonds. The number of carbonyl (C=O) groups excluding carboxylic acids is 1. The van der Waals surface area contributed by atoms with Crippen LogP contribution in [0.15, 0.2) is 12.3 Å². The molecule has 0 aliphatic heterocycles. The minimum Gasteiger partial charge on any atom is -0.465 e. The molecule has 5 heteroatoms. The van der Waals surface area contributed by atoms with E-state index in [1.807, 2.05) is 6.07 Å². The molecule has 0 atom stereocenters. The number of anilines is 1. The third-order valence-electron chi connectivity index (χ3n) is 1.81. The third kappa shape index (κ3) is 3.84. The Bertz CT molecular complexity index is 521. The van der Waals surface area contributed by atoms with Crippen molar-refractivity contribution in [2.75, 3.05) is 12.3 Å². The van der Waals surface area contributed by atoms with E-state index < -0.39 is 0 Å². The molecule has 0 fully saturated rings. The lowest BCUT2D eigenvalue weighted by molar-refractivity contribution is -0.141. The average molecular weight is 229 g/mol. The quantitative estimate of drug-likeness (QED) is 0.599. The minimum absolute atomic E-state index is 0.0140. The number of hydrogen-bond donors (Lipinski definition) is 1. The zero-order valence-corrected chi connectivity index (χ0v) is 9.36. The van der Waals surface area contributed by atoms with Gasteiger partial charge in [0.15, 0.2) is 0 Å². The van der Waals surface area contributed by atoms with Crippen LogP contribution in [0.2, 0.25) is 0 Å². The molecule has 0 radical (unpaired) electrons. The van der Waals surface area contributed by atoms with Crippen LogP contribution in [0.4, 0.5) is 5.82 Å². The lowest BCUT2D eigenvalue weighted by atomic mass is 10.2. The molecule has 1 rings (SSSR count). The van der Waals surface area contributed by atoms with E-state index in [1.165, 1.54) is 12.3 Å². The number of nitriles is 1.